The number of carbonyl (C=O) groups is 1. The number of carbonyl (C=O) groups excluding carboxylic acids is 1. The van der Waals surface area contributed by atoms with Gasteiger partial charge in [0.05, 0.1) is 32.8 Å². The van der Waals surface area contributed by atoms with Crippen molar-refractivity contribution in [3.8, 4) is 5.75 Å². The highest BCUT2D eigenvalue weighted by Crippen LogP contribution is 2.35. The van der Waals surface area contributed by atoms with Crippen LogP contribution in [0.4, 0.5) is 5.69 Å². The molecule has 8 heteroatoms. The van der Waals surface area contributed by atoms with E-state index >= 15 is 0 Å². The molecule has 0 saturated carbocycles. The molecule has 0 bridgehead atoms. The number of hydrogen-bond acceptors (Lipinski definition) is 8. The topological polar surface area (TPSA) is 84.5 Å². The number of ether oxygens (including phenoxy) is 6. The van der Waals surface area contributed by atoms with Crippen LogP contribution in [0.3, 0.4) is 0 Å². The number of hydrogen-bond donors (Lipinski definition) is 1. The number of methoxy groups -OCH3 is 3. The smallest absolute Gasteiger partial charge is 0.308 e. The summed E-state index contributed by atoms with van der Waals surface area (Å²) in [6, 6.07) is 6.92. The Morgan fingerprint density at radius 1 is 1.07 bits per heavy atom. The normalized spacial score (nSPS) is 21.8. The Balaban J connectivity index is 2.25. The molecular weight excluding hydrogens is 390 g/mol. The minimum atomic E-state index is -1.09. The Bertz CT molecular complexity index is 657. The fraction of sp³-hybridized carbons (Fsp3) is 0.682. The van der Waals surface area contributed by atoms with Gasteiger partial charge >= 0.3 is 5.97 Å². The van der Waals surface area contributed by atoms with Gasteiger partial charge in [-0.1, -0.05) is 0 Å². The van der Waals surface area contributed by atoms with Crippen LogP contribution in [0.25, 0.3) is 0 Å². The third-order valence-electron chi connectivity index (χ3n) is 4.70. The van der Waals surface area contributed by atoms with Crippen molar-refractivity contribution in [1.29, 1.82) is 0 Å². The maximum absolute atomic E-state index is 12.6. The van der Waals surface area contributed by atoms with Crippen LogP contribution < -0.4 is 10.1 Å². The summed E-state index contributed by atoms with van der Waals surface area (Å²) < 4.78 is 33.8. The molecule has 0 amide bonds. The molecule has 0 aliphatic carbocycles. The maximum Gasteiger partial charge on any atom is 0.308 e. The molecule has 1 fully saturated rings. The fourth-order valence-electron chi connectivity index (χ4n) is 3.36. The summed E-state index contributed by atoms with van der Waals surface area (Å²) in [6.45, 7) is 8.03. The zero-order valence-electron chi connectivity index (χ0n) is 19.0. The van der Waals surface area contributed by atoms with Gasteiger partial charge < -0.3 is 33.7 Å². The van der Waals surface area contributed by atoms with E-state index in [1.165, 1.54) is 0 Å². The lowest BCUT2D eigenvalue weighted by molar-refractivity contribution is -0.186. The predicted molar refractivity (Wildman–Crippen MR) is 113 cm³/mol. The highest BCUT2D eigenvalue weighted by Gasteiger charge is 2.50. The van der Waals surface area contributed by atoms with Crippen molar-refractivity contribution >= 4 is 11.7 Å². The predicted octanol–water partition coefficient (Wildman–Crippen LogP) is 3.00. The van der Waals surface area contributed by atoms with Crippen LogP contribution in [0.2, 0.25) is 0 Å². The second-order valence-corrected chi connectivity index (χ2v) is 8.46. The number of benzene rings is 1. The molecule has 30 heavy (non-hydrogen) atoms. The molecule has 1 heterocycles. The molecule has 0 aromatic heterocycles. The number of esters is 1. The zero-order chi connectivity index (χ0) is 22.4. The number of nitrogens with one attached hydrogen (secondary N) is 1. The summed E-state index contributed by atoms with van der Waals surface area (Å²) in [5, 5.41) is 3.37. The monoisotopic (exact) mass is 425 g/mol. The molecule has 1 saturated heterocycles. The minimum Gasteiger partial charge on any atom is -0.497 e. The first-order valence-corrected chi connectivity index (χ1v) is 10.1. The largest absolute Gasteiger partial charge is 0.497 e. The molecule has 0 radical (unpaired) electrons. The van der Waals surface area contributed by atoms with Crippen molar-refractivity contribution in [2.45, 2.75) is 63.8 Å². The molecule has 1 aromatic carbocycles. The lowest BCUT2D eigenvalue weighted by atomic mass is 10.0. The Hall–Kier alpha value is -1.87. The molecule has 1 N–H and O–H groups in total. The first kappa shape index (κ1) is 24.4. The van der Waals surface area contributed by atoms with E-state index in [2.05, 4.69) is 5.32 Å². The molecule has 170 valence electrons. The minimum absolute atomic E-state index is 0.0548. The Labute approximate surface area is 179 Å². The van der Waals surface area contributed by atoms with Gasteiger partial charge in [0.2, 0.25) is 0 Å². The van der Waals surface area contributed by atoms with Crippen molar-refractivity contribution in [2.24, 2.45) is 0 Å². The van der Waals surface area contributed by atoms with Gasteiger partial charge in [-0.05, 0) is 52.0 Å². The Kier molecular flexibility index (Phi) is 8.49. The quantitative estimate of drug-likeness (QED) is 0.573. The van der Waals surface area contributed by atoms with Gasteiger partial charge in [-0.3, -0.25) is 4.79 Å². The third-order valence-corrected chi connectivity index (χ3v) is 4.70. The van der Waals surface area contributed by atoms with E-state index < -0.39 is 17.4 Å². The summed E-state index contributed by atoms with van der Waals surface area (Å²) in [5.74, 6) is -0.701. The first-order valence-electron chi connectivity index (χ1n) is 10.1. The SMILES string of the molecule is COC[C@@H]1OC(C)([C@@H](CC(=O)OC(C)(C)C)Nc2ccc(OC)cc2)O[C@H]1COC. The van der Waals surface area contributed by atoms with Crippen LogP contribution in [0.1, 0.15) is 34.1 Å². The molecule has 1 aliphatic rings. The van der Waals surface area contributed by atoms with Gasteiger partial charge in [0, 0.05) is 19.9 Å². The van der Waals surface area contributed by atoms with E-state index in [0.29, 0.717) is 13.2 Å². The average Bonchev–Trinajstić information content (AvgIpc) is 2.97. The van der Waals surface area contributed by atoms with Crippen molar-refractivity contribution in [3.05, 3.63) is 24.3 Å². The lowest BCUT2D eigenvalue weighted by Crippen LogP contribution is -2.48. The number of anilines is 1. The van der Waals surface area contributed by atoms with E-state index in [9.17, 15) is 4.79 Å². The third kappa shape index (κ3) is 6.84. The number of rotatable bonds is 10. The van der Waals surface area contributed by atoms with Crippen molar-refractivity contribution in [3.63, 3.8) is 0 Å². The van der Waals surface area contributed by atoms with Gasteiger partial charge in [-0.25, -0.2) is 0 Å². The Morgan fingerprint density at radius 2 is 1.60 bits per heavy atom. The maximum atomic E-state index is 12.6. The van der Waals surface area contributed by atoms with Crippen LogP contribution in [-0.4, -0.2) is 70.2 Å². The van der Waals surface area contributed by atoms with Crippen molar-refractivity contribution in [1.82, 2.24) is 0 Å². The van der Waals surface area contributed by atoms with E-state index in [1.807, 2.05) is 52.0 Å². The highest BCUT2D eigenvalue weighted by molar-refractivity contribution is 5.71. The second-order valence-electron chi connectivity index (χ2n) is 8.46. The summed E-state index contributed by atoms with van der Waals surface area (Å²) in [6.07, 6.45) is -0.586. The van der Waals surface area contributed by atoms with Gasteiger partial charge in [0.25, 0.3) is 0 Å². The lowest BCUT2D eigenvalue weighted by Gasteiger charge is -2.34. The van der Waals surface area contributed by atoms with E-state index in [-0.39, 0.29) is 24.6 Å². The van der Waals surface area contributed by atoms with E-state index in [0.717, 1.165) is 11.4 Å². The zero-order valence-corrected chi connectivity index (χ0v) is 19.0. The van der Waals surface area contributed by atoms with Gasteiger partial charge in [-0.15, -0.1) is 0 Å². The van der Waals surface area contributed by atoms with Gasteiger partial charge in [0.1, 0.15) is 23.6 Å². The fourth-order valence-corrected chi connectivity index (χ4v) is 3.36. The summed E-state index contributed by atoms with van der Waals surface area (Å²) in [4.78, 5) is 12.6. The van der Waals surface area contributed by atoms with Crippen molar-refractivity contribution in [2.75, 3.05) is 39.9 Å². The van der Waals surface area contributed by atoms with Crippen LogP contribution in [0.5, 0.6) is 5.75 Å². The molecule has 2 rings (SSSR count). The van der Waals surface area contributed by atoms with Crippen LogP contribution in [-0.2, 0) is 28.5 Å². The van der Waals surface area contributed by atoms with Gasteiger partial charge in [0.15, 0.2) is 5.79 Å². The molecule has 1 aliphatic heterocycles. The summed E-state index contributed by atoms with van der Waals surface area (Å²) in [5.41, 5.74) is 0.216. The molecule has 0 unspecified atom stereocenters. The molecular formula is C22H35NO7. The van der Waals surface area contributed by atoms with E-state index in [4.69, 9.17) is 28.4 Å². The summed E-state index contributed by atoms with van der Waals surface area (Å²) >= 11 is 0. The van der Waals surface area contributed by atoms with Crippen LogP contribution in [0.15, 0.2) is 24.3 Å². The molecule has 1 aromatic rings. The van der Waals surface area contributed by atoms with Crippen LogP contribution in [0, 0.1) is 0 Å². The Morgan fingerprint density at radius 3 is 2.03 bits per heavy atom. The molecule has 3 atom stereocenters. The van der Waals surface area contributed by atoms with E-state index in [1.54, 1.807) is 21.3 Å². The summed E-state index contributed by atoms with van der Waals surface area (Å²) in [7, 11) is 4.83. The standard InChI is InChI=1S/C22H35NO7/c1-21(2,3)30-20(24)12-19(23-15-8-10-16(27-7)11-9-15)22(4)28-17(13-25-5)18(29-22)14-26-6/h8-11,17-19,23H,12-14H2,1-7H3/t17-,18-,19+/m0/s1. The highest BCUT2D eigenvalue weighted by atomic mass is 16.8. The average molecular weight is 426 g/mol. The second kappa shape index (κ2) is 10.4. The molecule has 0 spiro atoms. The van der Waals surface area contributed by atoms with Crippen LogP contribution >= 0.6 is 0 Å². The first-order chi connectivity index (χ1) is 14.1. The van der Waals surface area contributed by atoms with Crippen molar-refractivity contribution < 1.29 is 33.2 Å². The molecule has 8 nitrogen and oxygen atoms in total. The van der Waals surface area contributed by atoms with Gasteiger partial charge in [-0.2, -0.15) is 0 Å².